The summed E-state index contributed by atoms with van der Waals surface area (Å²) in [6, 6.07) is 7.47. The number of ether oxygens (including phenoxy) is 1. The third kappa shape index (κ3) is 3.24. The predicted octanol–water partition coefficient (Wildman–Crippen LogP) is 0.634. The molecule has 5 nitrogen and oxygen atoms in total. The summed E-state index contributed by atoms with van der Waals surface area (Å²) in [5.74, 6) is -0.326. The highest BCUT2D eigenvalue weighted by Crippen LogP contribution is 2.22. The molecule has 0 radical (unpaired) electrons. The number of aliphatic hydroxyl groups is 1. The molecule has 0 amide bonds. The Morgan fingerprint density at radius 1 is 1.53 bits per heavy atom. The summed E-state index contributed by atoms with van der Waals surface area (Å²) in [4.78, 5) is 13.9. The number of aliphatic hydroxyl groups excluding tert-OH is 1. The number of para-hydroxylation sites is 1. The first-order valence-electron chi connectivity index (χ1n) is 6.52. The number of benzene rings is 1. The minimum absolute atomic E-state index is 0.0354. The normalized spacial score (nSPS) is 19.9. The Morgan fingerprint density at radius 2 is 2.32 bits per heavy atom. The van der Waals surface area contributed by atoms with E-state index in [1.54, 1.807) is 6.07 Å². The van der Waals surface area contributed by atoms with Gasteiger partial charge in [-0.15, -0.1) is 0 Å². The highest BCUT2D eigenvalue weighted by atomic mass is 16.5. The Kier molecular flexibility index (Phi) is 4.76. The largest absolute Gasteiger partial charge is 0.465 e. The molecule has 1 fully saturated rings. The van der Waals surface area contributed by atoms with Gasteiger partial charge in [-0.05, 0) is 25.1 Å². The van der Waals surface area contributed by atoms with E-state index in [0.717, 1.165) is 25.2 Å². The molecule has 0 bridgehead atoms. The molecular formula is C14H20N2O3. The number of carbonyl (C=O) groups is 1. The fourth-order valence-corrected chi connectivity index (χ4v) is 2.37. The SMILES string of the molecule is COC(=O)c1ccccc1N1CCCNC(CO)C1. The van der Waals surface area contributed by atoms with Crippen molar-refractivity contribution in [1.29, 1.82) is 0 Å². The molecule has 19 heavy (non-hydrogen) atoms. The standard InChI is InChI=1S/C14H20N2O3/c1-19-14(18)12-5-2-3-6-13(12)16-8-4-7-15-11(9-16)10-17/h2-3,5-6,11,15,17H,4,7-10H2,1H3. The number of methoxy groups -OCH3 is 1. The topological polar surface area (TPSA) is 61.8 Å². The fraction of sp³-hybridized carbons (Fsp3) is 0.500. The molecule has 1 aromatic carbocycles. The van der Waals surface area contributed by atoms with Crippen molar-refractivity contribution in [1.82, 2.24) is 5.32 Å². The number of rotatable bonds is 3. The molecule has 2 rings (SSSR count). The van der Waals surface area contributed by atoms with E-state index in [0.29, 0.717) is 12.1 Å². The van der Waals surface area contributed by atoms with E-state index >= 15 is 0 Å². The molecule has 0 aliphatic carbocycles. The number of hydrogen-bond acceptors (Lipinski definition) is 5. The van der Waals surface area contributed by atoms with Crippen LogP contribution < -0.4 is 10.2 Å². The van der Waals surface area contributed by atoms with E-state index in [2.05, 4.69) is 10.2 Å². The summed E-state index contributed by atoms with van der Waals surface area (Å²) in [7, 11) is 1.39. The van der Waals surface area contributed by atoms with Crippen LogP contribution in [0.5, 0.6) is 0 Å². The van der Waals surface area contributed by atoms with Crippen LogP contribution in [0.1, 0.15) is 16.8 Å². The Balaban J connectivity index is 2.26. The van der Waals surface area contributed by atoms with E-state index in [1.165, 1.54) is 7.11 Å². The van der Waals surface area contributed by atoms with Gasteiger partial charge in [-0.25, -0.2) is 4.79 Å². The third-order valence-electron chi connectivity index (χ3n) is 3.35. The molecule has 1 atom stereocenters. The van der Waals surface area contributed by atoms with Crippen LogP contribution in [0, 0.1) is 0 Å². The highest BCUT2D eigenvalue weighted by molar-refractivity contribution is 5.95. The van der Waals surface area contributed by atoms with Crippen LogP contribution >= 0.6 is 0 Å². The lowest BCUT2D eigenvalue weighted by Crippen LogP contribution is -2.40. The molecule has 1 unspecified atom stereocenters. The van der Waals surface area contributed by atoms with Gasteiger partial charge in [0.25, 0.3) is 0 Å². The zero-order chi connectivity index (χ0) is 13.7. The maximum absolute atomic E-state index is 11.8. The van der Waals surface area contributed by atoms with Crippen molar-refractivity contribution in [3.8, 4) is 0 Å². The lowest BCUT2D eigenvalue weighted by molar-refractivity contribution is 0.0601. The molecular weight excluding hydrogens is 244 g/mol. The van der Waals surface area contributed by atoms with Crippen LogP contribution in [0.15, 0.2) is 24.3 Å². The molecule has 1 aliphatic heterocycles. The lowest BCUT2D eigenvalue weighted by atomic mass is 10.1. The smallest absolute Gasteiger partial charge is 0.339 e. The Labute approximate surface area is 113 Å². The minimum atomic E-state index is -0.326. The number of anilines is 1. The van der Waals surface area contributed by atoms with Gasteiger partial charge in [-0.1, -0.05) is 12.1 Å². The van der Waals surface area contributed by atoms with Crippen LogP contribution in [-0.2, 0) is 4.74 Å². The van der Waals surface area contributed by atoms with Gasteiger partial charge in [0.15, 0.2) is 0 Å². The van der Waals surface area contributed by atoms with Crippen LogP contribution in [0.2, 0.25) is 0 Å². The summed E-state index contributed by atoms with van der Waals surface area (Å²) in [6.07, 6.45) is 0.978. The monoisotopic (exact) mass is 264 g/mol. The zero-order valence-corrected chi connectivity index (χ0v) is 11.1. The molecule has 1 heterocycles. The van der Waals surface area contributed by atoms with Gasteiger partial charge >= 0.3 is 5.97 Å². The van der Waals surface area contributed by atoms with Gasteiger partial charge in [-0.2, -0.15) is 0 Å². The molecule has 0 saturated carbocycles. The van der Waals surface area contributed by atoms with E-state index in [9.17, 15) is 9.90 Å². The molecule has 1 saturated heterocycles. The average molecular weight is 264 g/mol. The van der Waals surface area contributed by atoms with Crippen molar-refractivity contribution >= 4 is 11.7 Å². The lowest BCUT2D eigenvalue weighted by Gasteiger charge is -2.27. The number of hydrogen-bond donors (Lipinski definition) is 2. The van der Waals surface area contributed by atoms with Crippen molar-refractivity contribution in [3.05, 3.63) is 29.8 Å². The van der Waals surface area contributed by atoms with Gasteiger partial charge in [0.05, 0.1) is 25.0 Å². The second-order valence-corrected chi connectivity index (χ2v) is 4.64. The molecule has 1 aromatic rings. The molecule has 5 heteroatoms. The van der Waals surface area contributed by atoms with Gasteiger partial charge in [0, 0.05) is 19.1 Å². The van der Waals surface area contributed by atoms with Gasteiger partial charge < -0.3 is 20.1 Å². The molecule has 104 valence electrons. The molecule has 1 aliphatic rings. The van der Waals surface area contributed by atoms with E-state index in [4.69, 9.17) is 4.74 Å². The average Bonchev–Trinajstić information content (AvgIpc) is 2.71. The molecule has 2 N–H and O–H groups in total. The quantitative estimate of drug-likeness (QED) is 0.784. The number of esters is 1. The van der Waals surface area contributed by atoms with E-state index in [1.807, 2.05) is 18.2 Å². The van der Waals surface area contributed by atoms with Gasteiger partial charge in [0.1, 0.15) is 0 Å². The van der Waals surface area contributed by atoms with E-state index < -0.39 is 0 Å². The predicted molar refractivity (Wildman–Crippen MR) is 73.5 cm³/mol. The van der Waals surface area contributed by atoms with Crippen molar-refractivity contribution in [2.75, 3.05) is 38.3 Å². The second kappa shape index (κ2) is 6.54. The highest BCUT2D eigenvalue weighted by Gasteiger charge is 2.21. The van der Waals surface area contributed by atoms with E-state index in [-0.39, 0.29) is 18.6 Å². The maximum Gasteiger partial charge on any atom is 0.339 e. The summed E-state index contributed by atoms with van der Waals surface area (Å²) in [5.41, 5.74) is 1.44. The Hall–Kier alpha value is -1.59. The van der Waals surface area contributed by atoms with Crippen LogP contribution in [0.3, 0.4) is 0 Å². The number of nitrogens with one attached hydrogen (secondary N) is 1. The summed E-state index contributed by atoms with van der Waals surface area (Å²) in [6.45, 7) is 2.51. The van der Waals surface area contributed by atoms with Crippen molar-refractivity contribution in [3.63, 3.8) is 0 Å². The first-order chi connectivity index (χ1) is 9.26. The molecule has 0 spiro atoms. The summed E-state index contributed by atoms with van der Waals surface area (Å²) in [5, 5.41) is 12.6. The molecule has 0 aromatic heterocycles. The first-order valence-corrected chi connectivity index (χ1v) is 6.52. The van der Waals surface area contributed by atoms with Crippen LogP contribution in [-0.4, -0.2) is 50.5 Å². The first kappa shape index (κ1) is 13.8. The van der Waals surface area contributed by atoms with Gasteiger partial charge in [0.2, 0.25) is 0 Å². The van der Waals surface area contributed by atoms with Crippen molar-refractivity contribution in [2.45, 2.75) is 12.5 Å². The number of carbonyl (C=O) groups excluding carboxylic acids is 1. The van der Waals surface area contributed by atoms with Crippen LogP contribution in [0.25, 0.3) is 0 Å². The Morgan fingerprint density at radius 3 is 3.05 bits per heavy atom. The maximum atomic E-state index is 11.8. The van der Waals surface area contributed by atoms with Crippen molar-refractivity contribution < 1.29 is 14.6 Å². The Bertz CT molecular complexity index is 436. The second-order valence-electron chi connectivity index (χ2n) is 4.64. The summed E-state index contributed by atoms with van der Waals surface area (Å²) < 4.78 is 4.82. The summed E-state index contributed by atoms with van der Waals surface area (Å²) >= 11 is 0. The van der Waals surface area contributed by atoms with Crippen molar-refractivity contribution in [2.24, 2.45) is 0 Å². The zero-order valence-electron chi connectivity index (χ0n) is 11.1. The third-order valence-corrected chi connectivity index (χ3v) is 3.35. The van der Waals surface area contributed by atoms with Crippen LogP contribution in [0.4, 0.5) is 5.69 Å². The fourth-order valence-electron chi connectivity index (χ4n) is 2.37. The number of nitrogens with zero attached hydrogens (tertiary/aromatic N) is 1. The minimum Gasteiger partial charge on any atom is -0.465 e. The van der Waals surface area contributed by atoms with Gasteiger partial charge in [-0.3, -0.25) is 0 Å².